The van der Waals surface area contributed by atoms with Crippen LogP contribution in [0.15, 0.2) is 193 Å². The van der Waals surface area contributed by atoms with Crippen molar-refractivity contribution in [3.05, 3.63) is 193 Å². The van der Waals surface area contributed by atoms with Gasteiger partial charge in [0.25, 0.3) is 0 Å². The Morgan fingerprint density at radius 1 is 0.396 bits per heavy atom. The van der Waals surface area contributed by atoms with Crippen molar-refractivity contribution in [1.29, 1.82) is 0 Å². The summed E-state index contributed by atoms with van der Waals surface area (Å²) in [6.45, 7) is 0. The minimum atomic E-state index is -2.77. The molecule has 53 heavy (non-hydrogen) atoms. The first kappa shape index (κ1) is 31.3. The minimum absolute atomic E-state index is 0.646. The Balaban J connectivity index is 1.29. The van der Waals surface area contributed by atoms with Crippen LogP contribution in [0.1, 0.15) is 0 Å². The van der Waals surface area contributed by atoms with Gasteiger partial charge in [-0.05, 0) is 55.8 Å². The zero-order chi connectivity index (χ0) is 35.2. The minimum Gasteiger partial charge on any atom is -0.310 e. The molecule has 0 aliphatic carbocycles. The van der Waals surface area contributed by atoms with E-state index in [1.807, 2.05) is 36.4 Å². The third-order valence-corrected chi connectivity index (χ3v) is 16.1. The molecular formula is C47H32N4SSi. The van der Waals surface area contributed by atoms with Crippen LogP contribution in [-0.4, -0.2) is 23.0 Å². The molecule has 1 aliphatic heterocycles. The molecule has 0 saturated heterocycles. The monoisotopic (exact) mass is 712 g/mol. The number of rotatable bonds is 6. The summed E-state index contributed by atoms with van der Waals surface area (Å²) < 4.78 is 1.14. The Hall–Kier alpha value is -6.47. The molecular weight excluding hydrogens is 681 g/mol. The first-order chi connectivity index (χ1) is 26.3. The van der Waals surface area contributed by atoms with Crippen LogP contribution in [0.2, 0.25) is 0 Å². The average Bonchev–Trinajstić information content (AvgIpc) is 3.73. The molecule has 0 bridgehead atoms. The predicted octanol–water partition coefficient (Wildman–Crippen LogP) is 9.25. The van der Waals surface area contributed by atoms with E-state index in [-0.39, 0.29) is 0 Å². The van der Waals surface area contributed by atoms with Crippen LogP contribution in [0.3, 0.4) is 0 Å². The topological polar surface area (TPSA) is 41.9 Å². The maximum Gasteiger partial charge on any atom is 0.184 e. The van der Waals surface area contributed by atoms with Crippen LogP contribution in [0.4, 0.5) is 17.1 Å². The molecule has 2 aromatic heterocycles. The second-order valence-electron chi connectivity index (χ2n) is 13.2. The zero-order valence-electron chi connectivity index (χ0n) is 28.7. The highest BCUT2D eigenvalue weighted by atomic mass is 32.1. The molecule has 0 spiro atoms. The lowest BCUT2D eigenvalue weighted by Crippen LogP contribution is -2.77. The summed E-state index contributed by atoms with van der Waals surface area (Å²) in [7, 11) is -2.77. The van der Waals surface area contributed by atoms with Gasteiger partial charge in [0, 0.05) is 27.2 Å². The van der Waals surface area contributed by atoms with Crippen LogP contribution in [0.5, 0.6) is 0 Å². The van der Waals surface area contributed by atoms with Crippen LogP contribution < -0.4 is 25.6 Å². The van der Waals surface area contributed by atoms with Crippen molar-refractivity contribution < 1.29 is 0 Å². The molecule has 0 amide bonds. The number of hydrogen-bond donors (Lipinski definition) is 0. The van der Waals surface area contributed by atoms with Crippen molar-refractivity contribution in [2.24, 2.45) is 0 Å². The van der Waals surface area contributed by atoms with E-state index >= 15 is 0 Å². The van der Waals surface area contributed by atoms with Crippen LogP contribution >= 0.6 is 11.3 Å². The number of nitrogens with zero attached hydrogens (tertiary/aromatic N) is 4. The molecule has 0 radical (unpaired) electrons. The number of benzene rings is 7. The van der Waals surface area contributed by atoms with Crippen LogP contribution in [0, 0.1) is 0 Å². The Morgan fingerprint density at radius 3 is 1.38 bits per heavy atom. The van der Waals surface area contributed by atoms with E-state index < -0.39 is 8.07 Å². The average molecular weight is 713 g/mol. The summed E-state index contributed by atoms with van der Waals surface area (Å²) in [6.07, 6.45) is 0. The van der Waals surface area contributed by atoms with Gasteiger partial charge in [-0.2, -0.15) is 0 Å². The summed E-state index contributed by atoms with van der Waals surface area (Å²) >= 11 is 1.73. The number of para-hydroxylation sites is 2. The van der Waals surface area contributed by atoms with Gasteiger partial charge in [0.05, 0.1) is 11.3 Å². The second-order valence-corrected chi connectivity index (χ2v) is 17.8. The van der Waals surface area contributed by atoms with Gasteiger partial charge in [0.2, 0.25) is 0 Å². The zero-order valence-corrected chi connectivity index (χ0v) is 30.5. The van der Waals surface area contributed by atoms with E-state index in [0.717, 1.165) is 32.5 Å². The van der Waals surface area contributed by atoms with Gasteiger partial charge in [-0.25, -0.2) is 15.0 Å². The maximum atomic E-state index is 5.29. The highest BCUT2D eigenvalue weighted by Gasteiger charge is 2.49. The SMILES string of the molecule is c1ccc(-c2nc(-c3ccccc3)nc(-c3c(N4c5ccccc5[Si](c5ccccc5)(c5ccccc5)c5ccccc54)ccc4ccsc34)n2)cc1. The molecule has 0 atom stereocenters. The molecule has 0 unspecified atom stereocenters. The summed E-state index contributed by atoms with van der Waals surface area (Å²) in [5, 5.41) is 8.73. The van der Waals surface area contributed by atoms with Gasteiger partial charge in [-0.3, -0.25) is 0 Å². The third kappa shape index (κ3) is 5.06. The van der Waals surface area contributed by atoms with Crippen LogP contribution in [0.25, 0.3) is 44.2 Å². The molecule has 9 aromatic rings. The fourth-order valence-electron chi connectivity index (χ4n) is 8.02. The Kier molecular flexibility index (Phi) is 7.64. The van der Waals surface area contributed by atoms with Crippen molar-refractivity contribution in [1.82, 2.24) is 15.0 Å². The van der Waals surface area contributed by atoms with Crippen molar-refractivity contribution in [2.75, 3.05) is 4.90 Å². The fraction of sp³-hybridized carbons (Fsp3) is 0. The molecule has 0 fully saturated rings. The van der Waals surface area contributed by atoms with E-state index in [1.165, 1.54) is 32.1 Å². The first-order valence-corrected chi connectivity index (χ1v) is 20.7. The van der Waals surface area contributed by atoms with E-state index in [4.69, 9.17) is 15.0 Å². The first-order valence-electron chi connectivity index (χ1n) is 17.8. The number of hydrogen-bond acceptors (Lipinski definition) is 5. The van der Waals surface area contributed by atoms with Crippen molar-refractivity contribution in [3.63, 3.8) is 0 Å². The normalized spacial score (nSPS) is 13.0. The third-order valence-electron chi connectivity index (χ3n) is 10.3. The lowest BCUT2D eigenvalue weighted by atomic mass is 10.1. The number of fused-ring (bicyclic) bond motifs is 3. The quantitative estimate of drug-likeness (QED) is 0.161. The van der Waals surface area contributed by atoms with E-state index in [9.17, 15) is 0 Å². The molecule has 0 saturated carbocycles. The largest absolute Gasteiger partial charge is 0.310 e. The molecule has 7 aromatic carbocycles. The molecule has 3 heterocycles. The second kappa shape index (κ2) is 12.9. The summed E-state index contributed by atoms with van der Waals surface area (Å²) in [5.41, 5.74) is 6.26. The standard InChI is InChI=1S/C47H32N4SSi/c1-5-17-34(18-6-1)45-48-46(35-19-7-2-8-20-35)50-47(49-45)43-40(30-29-33-31-32-52-44(33)43)51-38-25-13-15-27-41(38)53(36-21-9-3-10-22-36,37-23-11-4-12-24-37)42-28-16-14-26-39(42)51/h1-32H. The van der Waals surface area contributed by atoms with Gasteiger partial charge < -0.3 is 4.90 Å². The van der Waals surface area contributed by atoms with E-state index in [2.05, 4.69) is 162 Å². The van der Waals surface area contributed by atoms with Gasteiger partial charge in [0.1, 0.15) is 0 Å². The van der Waals surface area contributed by atoms with Crippen LogP contribution in [-0.2, 0) is 0 Å². The molecule has 6 heteroatoms. The van der Waals surface area contributed by atoms with Crippen molar-refractivity contribution >= 4 is 67.3 Å². The highest BCUT2D eigenvalue weighted by Crippen LogP contribution is 2.46. The van der Waals surface area contributed by atoms with Crippen molar-refractivity contribution in [3.8, 4) is 34.2 Å². The summed E-state index contributed by atoms with van der Waals surface area (Å²) in [6, 6.07) is 67.4. The molecule has 10 rings (SSSR count). The molecule has 250 valence electrons. The van der Waals surface area contributed by atoms with Gasteiger partial charge in [-0.1, -0.05) is 164 Å². The van der Waals surface area contributed by atoms with E-state index in [1.54, 1.807) is 11.3 Å². The molecule has 1 aliphatic rings. The number of aromatic nitrogens is 3. The Labute approximate surface area is 313 Å². The fourth-order valence-corrected chi connectivity index (χ4v) is 14.1. The lowest BCUT2D eigenvalue weighted by Gasteiger charge is -2.45. The number of thiophene rings is 1. The maximum absolute atomic E-state index is 5.29. The van der Waals surface area contributed by atoms with Gasteiger partial charge in [-0.15, -0.1) is 11.3 Å². The molecule has 4 nitrogen and oxygen atoms in total. The van der Waals surface area contributed by atoms with E-state index in [0.29, 0.717) is 17.5 Å². The highest BCUT2D eigenvalue weighted by molar-refractivity contribution is 7.21. The summed E-state index contributed by atoms with van der Waals surface area (Å²) in [5.74, 6) is 1.94. The summed E-state index contributed by atoms with van der Waals surface area (Å²) in [4.78, 5) is 18.1. The molecule has 0 N–H and O–H groups in total. The Bertz CT molecular complexity index is 2590. The van der Waals surface area contributed by atoms with Gasteiger partial charge in [0.15, 0.2) is 25.5 Å². The number of anilines is 3. The van der Waals surface area contributed by atoms with Gasteiger partial charge >= 0.3 is 0 Å². The lowest BCUT2D eigenvalue weighted by molar-refractivity contribution is 1.07. The smallest absolute Gasteiger partial charge is 0.184 e. The predicted molar refractivity (Wildman–Crippen MR) is 223 cm³/mol. The Morgan fingerprint density at radius 2 is 0.849 bits per heavy atom. The van der Waals surface area contributed by atoms with Crippen molar-refractivity contribution in [2.45, 2.75) is 0 Å².